The number of carboxylic acids is 1. The highest BCUT2D eigenvalue weighted by Gasteiger charge is 2.18. The van der Waals surface area contributed by atoms with Gasteiger partial charge in [0, 0.05) is 7.05 Å². The molecule has 10 heteroatoms. The van der Waals surface area contributed by atoms with Crippen LogP contribution in [0.25, 0.3) is 0 Å². The number of rotatable bonds is 6. The second-order valence-corrected chi connectivity index (χ2v) is 3.73. The first-order valence-electron chi connectivity index (χ1n) is 5.26. The van der Waals surface area contributed by atoms with E-state index in [1.54, 1.807) is 11.6 Å². The predicted octanol–water partition coefficient (Wildman–Crippen LogP) is -2.10. The lowest BCUT2D eigenvalue weighted by atomic mass is 10.4. The number of aryl methyl sites for hydroxylation is 1. The van der Waals surface area contributed by atoms with Crippen molar-refractivity contribution in [1.82, 2.24) is 25.0 Å². The van der Waals surface area contributed by atoms with Crippen LogP contribution in [0.15, 0.2) is 6.33 Å². The van der Waals surface area contributed by atoms with Gasteiger partial charge in [0.2, 0.25) is 5.91 Å². The number of aromatic nitrogens is 3. The maximum Gasteiger partial charge on any atom is 0.323 e. The van der Waals surface area contributed by atoms with E-state index < -0.39 is 31.0 Å². The topological polar surface area (TPSA) is 143 Å². The van der Waals surface area contributed by atoms with Crippen molar-refractivity contribution >= 4 is 17.9 Å². The normalized spacial score (nSPS) is 9.95. The van der Waals surface area contributed by atoms with Crippen molar-refractivity contribution in [2.75, 3.05) is 13.1 Å². The molecule has 19 heavy (non-hydrogen) atoms. The molecule has 0 radical (unpaired) electrons. The van der Waals surface area contributed by atoms with E-state index in [1.807, 2.05) is 0 Å². The summed E-state index contributed by atoms with van der Waals surface area (Å²) < 4.78 is 1.59. The first-order chi connectivity index (χ1) is 8.90. The average molecular weight is 270 g/mol. The number of carbonyl (C=O) groups excluding carboxylic acids is 2. The summed E-state index contributed by atoms with van der Waals surface area (Å²) in [6, 6.07) is -0.718. The molecule has 3 amide bonds. The Bertz CT molecular complexity index is 469. The lowest BCUT2D eigenvalue weighted by Gasteiger charge is -2.19. The van der Waals surface area contributed by atoms with E-state index in [1.165, 1.54) is 6.33 Å². The number of carboxylic acid groups (broad SMARTS) is 1. The molecule has 104 valence electrons. The Labute approximate surface area is 108 Å². The monoisotopic (exact) mass is 270 g/mol. The number of primary amides is 1. The van der Waals surface area contributed by atoms with Gasteiger partial charge in [0.1, 0.15) is 19.4 Å². The number of hydrogen-bond donors (Lipinski definition) is 3. The van der Waals surface area contributed by atoms with Crippen LogP contribution in [0, 0.1) is 0 Å². The molecule has 1 heterocycles. The SMILES string of the molecule is Cn1cnnc1CNC(=O)N(CC(N)=O)CC(=O)O. The van der Waals surface area contributed by atoms with Crippen molar-refractivity contribution in [3.8, 4) is 0 Å². The molecule has 0 bridgehead atoms. The third-order valence-corrected chi connectivity index (χ3v) is 2.16. The number of nitrogens with two attached hydrogens (primary N) is 1. The zero-order valence-corrected chi connectivity index (χ0v) is 10.2. The number of nitrogens with zero attached hydrogens (tertiary/aromatic N) is 4. The van der Waals surface area contributed by atoms with E-state index in [9.17, 15) is 14.4 Å². The summed E-state index contributed by atoms with van der Waals surface area (Å²) in [7, 11) is 1.69. The van der Waals surface area contributed by atoms with Crippen molar-refractivity contribution in [2.45, 2.75) is 6.54 Å². The minimum Gasteiger partial charge on any atom is -0.480 e. The Morgan fingerprint density at radius 3 is 2.63 bits per heavy atom. The second-order valence-electron chi connectivity index (χ2n) is 3.73. The molecule has 0 atom stereocenters. The second kappa shape index (κ2) is 6.33. The maximum atomic E-state index is 11.7. The molecule has 1 aromatic rings. The van der Waals surface area contributed by atoms with E-state index in [-0.39, 0.29) is 6.54 Å². The quantitative estimate of drug-likeness (QED) is 0.540. The van der Waals surface area contributed by atoms with Crippen LogP contribution in [0.1, 0.15) is 5.82 Å². The fraction of sp³-hybridized carbons (Fsp3) is 0.444. The van der Waals surface area contributed by atoms with Crippen molar-refractivity contribution in [3.63, 3.8) is 0 Å². The van der Waals surface area contributed by atoms with Crippen molar-refractivity contribution in [1.29, 1.82) is 0 Å². The number of urea groups is 1. The predicted molar refractivity (Wildman–Crippen MR) is 61.6 cm³/mol. The average Bonchev–Trinajstić information content (AvgIpc) is 2.69. The van der Waals surface area contributed by atoms with Gasteiger partial charge in [-0.2, -0.15) is 0 Å². The molecule has 0 aromatic carbocycles. The Hall–Kier alpha value is -2.65. The summed E-state index contributed by atoms with van der Waals surface area (Å²) in [6.45, 7) is -1.03. The molecule has 0 aliphatic rings. The van der Waals surface area contributed by atoms with Gasteiger partial charge in [-0.05, 0) is 0 Å². The van der Waals surface area contributed by atoms with Crippen LogP contribution >= 0.6 is 0 Å². The maximum absolute atomic E-state index is 11.7. The molecular weight excluding hydrogens is 256 g/mol. The molecule has 0 unspecified atom stereocenters. The van der Waals surface area contributed by atoms with Crippen LogP contribution in [0.3, 0.4) is 0 Å². The number of nitrogens with one attached hydrogen (secondary N) is 1. The number of hydrogen-bond acceptors (Lipinski definition) is 5. The van der Waals surface area contributed by atoms with E-state index in [0.717, 1.165) is 4.90 Å². The molecule has 0 aliphatic carbocycles. The molecule has 1 rings (SSSR count). The van der Waals surface area contributed by atoms with E-state index in [0.29, 0.717) is 5.82 Å². The summed E-state index contributed by atoms with van der Waals surface area (Å²) in [5.74, 6) is -1.55. The van der Waals surface area contributed by atoms with Crippen LogP contribution < -0.4 is 11.1 Å². The fourth-order valence-corrected chi connectivity index (χ4v) is 1.28. The zero-order chi connectivity index (χ0) is 14.4. The third-order valence-electron chi connectivity index (χ3n) is 2.16. The van der Waals surface area contributed by atoms with E-state index >= 15 is 0 Å². The zero-order valence-electron chi connectivity index (χ0n) is 10.2. The minimum atomic E-state index is -1.24. The molecule has 0 saturated heterocycles. The van der Waals surface area contributed by atoms with Gasteiger partial charge in [-0.25, -0.2) is 4.79 Å². The summed E-state index contributed by atoms with van der Waals surface area (Å²) in [5, 5.41) is 18.4. The van der Waals surface area contributed by atoms with Gasteiger partial charge in [0.15, 0.2) is 5.82 Å². The fourth-order valence-electron chi connectivity index (χ4n) is 1.28. The highest BCUT2D eigenvalue weighted by molar-refractivity contribution is 5.85. The lowest BCUT2D eigenvalue weighted by molar-refractivity contribution is -0.137. The van der Waals surface area contributed by atoms with Gasteiger partial charge in [-0.15, -0.1) is 10.2 Å². The Kier molecular flexibility index (Phi) is 4.80. The van der Waals surface area contributed by atoms with Crippen LogP contribution in [0.2, 0.25) is 0 Å². The Balaban J connectivity index is 2.58. The van der Waals surface area contributed by atoms with Crippen LogP contribution in [-0.4, -0.2) is 55.8 Å². The van der Waals surface area contributed by atoms with Gasteiger partial charge in [-0.1, -0.05) is 0 Å². The lowest BCUT2D eigenvalue weighted by Crippen LogP contribution is -2.46. The molecular formula is C9H14N6O4. The molecule has 0 saturated carbocycles. The molecule has 0 aliphatic heterocycles. The van der Waals surface area contributed by atoms with Crippen molar-refractivity contribution in [2.24, 2.45) is 12.8 Å². The van der Waals surface area contributed by atoms with E-state index in [4.69, 9.17) is 10.8 Å². The number of amides is 3. The van der Waals surface area contributed by atoms with Crippen LogP contribution in [0.4, 0.5) is 4.79 Å². The third kappa shape index (κ3) is 4.61. The van der Waals surface area contributed by atoms with Gasteiger partial charge in [0.25, 0.3) is 0 Å². The van der Waals surface area contributed by atoms with Crippen molar-refractivity contribution in [3.05, 3.63) is 12.2 Å². The van der Waals surface area contributed by atoms with Crippen molar-refractivity contribution < 1.29 is 19.5 Å². The summed E-state index contributed by atoms with van der Waals surface area (Å²) in [4.78, 5) is 33.8. The summed E-state index contributed by atoms with van der Waals surface area (Å²) in [5.41, 5.74) is 4.94. The van der Waals surface area contributed by atoms with E-state index in [2.05, 4.69) is 15.5 Å². The highest BCUT2D eigenvalue weighted by Crippen LogP contribution is 1.94. The Morgan fingerprint density at radius 1 is 1.47 bits per heavy atom. The van der Waals surface area contributed by atoms with Gasteiger partial charge >= 0.3 is 12.0 Å². The van der Waals surface area contributed by atoms with Gasteiger partial charge in [-0.3, -0.25) is 9.59 Å². The molecule has 4 N–H and O–H groups in total. The summed E-state index contributed by atoms with van der Waals surface area (Å²) in [6.07, 6.45) is 1.46. The molecule has 0 fully saturated rings. The standard InChI is InChI=1S/C9H14N6O4/c1-14-5-12-13-7(14)2-11-9(19)15(3-6(10)16)4-8(17)18/h5H,2-4H2,1H3,(H2,10,16)(H,11,19)(H,17,18). The van der Waals surface area contributed by atoms with Crippen LogP contribution in [-0.2, 0) is 23.2 Å². The first kappa shape index (κ1) is 14.4. The molecule has 0 spiro atoms. The Morgan fingerprint density at radius 2 is 2.16 bits per heavy atom. The first-order valence-corrected chi connectivity index (χ1v) is 5.26. The summed E-state index contributed by atoms with van der Waals surface area (Å²) >= 11 is 0. The highest BCUT2D eigenvalue weighted by atomic mass is 16.4. The van der Waals surface area contributed by atoms with Gasteiger partial charge < -0.3 is 25.6 Å². The smallest absolute Gasteiger partial charge is 0.323 e. The minimum absolute atomic E-state index is 0.0597. The largest absolute Gasteiger partial charge is 0.480 e. The number of carbonyl (C=O) groups is 3. The molecule has 1 aromatic heterocycles. The van der Waals surface area contributed by atoms with Gasteiger partial charge in [0.05, 0.1) is 6.54 Å². The number of aliphatic carboxylic acids is 1. The van der Waals surface area contributed by atoms with Crippen LogP contribution in [0.5, 0.6) is 0 Å². The molecule has 10 nitrogen and oxygen atoms in total.